The van der Waals surface area contributed by atoms with Gasteiger partial charge in [-0.05, 0) is 72.4 Å². The van der Waals surface area contributed by atoms with Crippen molar-refractivity contribution in [2.75, 3.05) is 20.2 Å². The van der Waals surface area contributed by atoms with Crippen molar-refractivity contribution in [3.63, 3.8) is 0 Å². The Morgan fingerprint density at radius 3 is 2.00 bits per heavy atom. The first-order valence-corrected chi connectivity index (χ1v) is 14.2. The number of carbonyl (C=O) groups is 1. The molecule has 0 unspecified atom stereocenters. The molecule has 0 amide bonds. The molecule has 4 rings (SSSR count). The van der Waals surface area contributed by atoms with Crippen LogP contribution in [0.2, 0.25) is 0 Å². The van der Waals surface area contributed by atoms with Gasteiger partial charge in [-0.15, -0.1) is 11.8 Å². The van der Waals surface area contributed by atoms with E-state index in [0.29, 0.717) is 0 Å². The van der Waals surface area contributed by atoms with Gasteiger partial charge in [0.25, 0.3) is 0 Å². The molecule has 2 aliphatic rings. The number of ether oxygens (including phenoxy) is 3. The first-order chi connectivity index (χ1) is 16.7. The summed E-state index contributed by atoms with van der Waals surface area (Å²) in [5, 5.41) is 0. The van der Waals surface area contributed by atoms with Gasteiger partial charge < -0.3 is 14.2 Å². The lowest BCUT2D eigenvalue weighted by Crippen LogP contribution is -2.12. The van der Waals surface area contributed by atoms with Crippen LogP contribution in [0.4, 0.5) is 0 Å². The van der Waals surface area contributed by atoms with E-state index in [1.165, 1.54) is 81.6 Å². The van der Waals surface area contributed by atoms with Gasteiger partial charge in [-0.3, -0.25) is 0 Å². The third-order valence-electron chi connectivity index (χ3n) is 7.16. The highest BCUT2D eigenvalue weighted by Crippen LogP contribution is 2.41. The average Bonchev–Trinajstić information content (AvgIpc) is 3.33. The second-order valence-corrected chi connectivity index (χ2v) is 10.3. The van der Waals surface area contributed by atoms with Crippen molar-refractivity contribution in [1.82, 2.24) is 0 Å². The third kappa shape index (κ3) is 5.91. The number of fused-ring (bicyclic) bond motifs is 2. The Morgan fingerprint density at radius 1 is 0.794 bits per heavy atom. The first-order valence-electron chi connectivity index (χ1n) is 12.9. The summed E-state index contributed by atoms with van der Waals surface area (Å²) in [5.74, 6) is 1.38. The molecule has 0 aromatic heterocycles. The molecule has 1 heterocycles. The number of carbonyl (C=O) groups excluding carboxylic acids is 1. The molecule has 0 spiro atoms. The monoisotopic (exact) mass is 482 g/mol. The summed E-state index contributed by atoms with van der Waals surface area (Å²) in [6.07, 6.45) is 18.0. The summed E-state index contributed by atoms with van der Waals surface area (Å²) < 4.78 is 16.5. The Morgan fingerprint density at radius 2 is 1.38 bits per heavy atom. The van der Waals surface area contributed by atoms with Gasteiger partial charge in [0.05, 0.1) is 12.7 Å². The molecule has 0 N–H and O–H groups in total. The van der Waals surface area contributed by atoms with Crippen molar-refractivity contribution in [1.29, 1.82) is 0 Å². The van der Waals surface area contributed by atoms with Crippen LogP contribution in [0, 0.1) is 0 Å². The Balaban J connectivity index is 1.79. The predicted molar refractivity (Wildman–Crippen MR) is 139 cm³/mol. The third-order valence-corrected chi connectivity index (χ3v) is 7.92. The zero-order valence-corrected chi connectivity index (χ0v) is 21.6. The maximum Gasteiger partial charge on any atom is 0.339 e. The van der Waals surface area contributed by atoms with Gasteiger partial charge in [0, 0.05) is 4.90 Å². The Hall–Kier alpha value is -2.14. The molecule has 0 bridgehead atoms. The maximum absolute atomic E-state index is 13.0. The maximum atomic E-state index is 13.0. The van der Waals surface area contributed by atoms with Crippen molar-refractivity contribution in [2.24, 2.45) is 0 Å². The van der Waals surface area contributed by atoms with Crippen molar-refractivity contribution < 1.29 is 19.0 Å². The lowest BCUT2D eigenvalue weighted by atomic mass is 9.86. The Kier molecular flexibility index (Phi) is 9.20. The summed E-state index contributed by atoms with van der Waals surface area (Å²) in [6.45, 7) is 0.272. The molecule has 0 fully saturated rings. The SMILES string of the molecule is COC(=O)c1c(SC)cc(-c2ccc3c(c2)OCO3)c2c1CCCCCCCCCCCCC2. The molecule has 2 aromatic rings. The lowest BCUT2D eigenvalue weighted by molar-refractivity contribution is 0.0595. The minimum absolute atomic E-state index is 0.212. The molecule has 4 nitrogen and oxygen atoms in total. The fraction of sp³-hybridized carbons (Fsp3) is 0.552. The largest absolute Gasteiger partial charge is 0.465 e. The highest BCUT2D eigenvalue weighted by Gasteiger charge is 2.24. The molecule has 1 aliphatic heterocycles. The fourth-order valence-electron chi connectivity index (χ4n) is 5.32. The highest BCUT2D eigenvalue weighted by atomic mass is 32.2. The van der Waals surface area contributed by atoms with E-state index in [-0.39, 0.29) is 12.8 Å². The predicted octanol–water partition coefficient (Wildman–Crippen LogP) is 7.98. The van der Waals surface area contributed by atoms with E-state index in [4.69, 9.17) is 14.2 Å². The number of hydrogen-bond donors (Lipinski definition) is 0. The number of esters is 1. The summed E-state index contributed by atoms with van der Waals surface area (Å²) in [5.41, 5.74) is 5.63. The van der Waals surface area contributed by atoms with Crippen LogP contribution in [0.1, 0.15) is 92.1 Å². The summed E-state index contributed by atoms with van der Waals surface area (Å²) in [4.78, 5) is 14.0. The molecule has 0 saturated carbocycles. The zero-order chi connectivity index (χ0) is 23.8. The molecule has 0 saturated heterocycles. The summed E-state index contributed by atoms with van der Waals surface area (Å²) in [6, 6.07) is 8.42. The average molecular weight is 483 g/mol. The van der Waals surface area contributed by atoms with E-state index >= 15 is 0 Å². The van der Waals surface area contributed by atoms with Gasteiger partial charge in [0.15, 0.2) is 11.5 Å². The Labute approximate surface area is 208 Å². The van der Waals surface area contributed by atoms with Crippen molar-refractivity contribution >= 4 is 17.7 Å². The number of methoxy groups -OCH3 is 1. The van der Waals surface area contributed by atoms with Crippen LogP contribution in [0.3, 0.4) is 0 Å². The van der Waals surface area contributed by atoms with Crippen molar-refractivity contribution in [2.45, 2.75) is 88.4 Å². The smallest absolute Gasteiger partial charge is 0.339 e. The van der Waals surface area contributed by atoms with Crippen molar-refractivity contribution in [3.8, 4) is 22.6 Å². The van der Waals surface area contributed by atoms with Gasteiger partial charge in [-0.2, -0.15) is 0 Å². The van der Waals surface area contributed by atoms with Crippen LogP contribution < -0.4 is 9.47 Å². The topological polar surface area (TPSA) is 44.8 Å². The quantitative estimate of drug-likeness (QED) is 0.328. The number of benzene rings is 2. The van der Waals surface area contributed by atoms with Gasteiger partial charge >= 0.3 is 5.97 Å². The van der Waals surface area contributed by atoms with Gasteiger partial charge in [-0.1, -0.05) is 63.9 Å². The standard InChI is InChI=1S/C29H38O4S/c1-31-29(30)28-23-15-13-11-9-7-5-3-4-6-8-10-12-14-22(23)24(19-27(28)34-2)21-16-17-25-26(18-21)33-20-32-25/h16-19H,3-15,20H2,1-2H3. The minimum atomic E-state index is -0.212. The number of thioether (sulfide) groups is 1. The molecule has 1 aliphatic carbocycles. The second kappa shape index (κ2) is 12.5. The van der Waals surface area contributed by atoms with Crippen LogP contribution in [0.5, 0.6) is 11.5 Å². The van der Waals surface area contributed by atoms with Gasteiger partial charge in [-0.25, -0.2) is 4.79 Å². The minimum Gasteiger partial charge on any atom is -0.465 e. The molecule has 0 atom stereocenters. The van der Waals surface area contributed by atoms with Crippen LogP contribution in [-0.2, 0) is 17.6 Å². The Bertz CT molecular complexity index is 985. The first kappa shape index (κ1) is 25.0. The van der Waals surface area contributed by atoms with E-state index < -0.39 is 0 Å². The normalized spacial score (nSPS) is 17.4. The van der Waals surface area contributed by atoms with Gasteiger partial charge in [0.1, 0.15) is 0 Å². The molecule has 184 valence electrons. The fourth-order valence-corrected chi connectivity index (χ4v) is 5.96. The molecular formula is C29H38O4S. The van der Waals surface area contributed by atoms with Crippen LogP contribution in [0.25, 0.3) is 11.1 Å². The molecular weight excluding hydrogens is 444 g/mol. The number of rotatable bonds is 3. The van der Waals surface area contributed by atoms with Crippen LogP contribution >= 0.6 is 11.8 Å². The van der Waals surface area contributed by atoms with E-state index in [0.717, 1.165) is 53.2 Å². The van der Waals surface area contributed by atoms with E-state index in [1.54, 1.807) is 11.8 Å². The molecule has 0 radical (unpaired) electrons. The highest BCUT2D eigenvalue weighted by molar-refractivity contribution is 7.98. The molecule has 2 aromatic carbocycles. The van der Waals surface area contributed by atoms with E-state index in [1.807, 2.05) is 12.3 Å². The van der Waals surface area contributed by atoms with Crippen LogP contribution in [0.15, 0.2) is 29.2 Å². The molecule has 34 heavy (non-hydrogen) atoms. The zero-order valence-electron chi connectivity index (χ0n) is 20.8. The van der Waals surface area contributed by atoms with E-state index in [9.17, 15) is 4.79 Å². The number of hydrogen-bond acceptors (Lipinski definition) is 5. The molecule has 5 heteroatoms. The lowest BCUT2D eigenvalue weighted by Gasteiger charge is -2.21. The second-order valence-electron chi connectivity index (χ2n) is 9.41. The van der Waals surface area contributed by atoms with Gasteiger partial charge in [0.2, 0.25) is 6.79 Å². The van der Waals surface area contributed by atoms with E-state index in [2.05, 4.69) is 18.2 Å². The summed E-state index contributed by atoms with van der Waals surface area (Å²) in [7, 11) is 1.50. The summed E-state index contributed by atoms with van der Waals surface area (Å²) >= 11 is 1.63. The van der Waals surface area contributed by atoms with Crippen LogP contribution in [-0.4, -0.2) is 26.1 Å². The van der Waals surface area contributed by atoms with Crippen molar-refractivity contribution in [3.05, 3.63) is 41.0 Å².